The smallest absolute Gasteiger partial charge is 0.0620 e. The molecule has 0 N–H and O–H groups in total. The molecule has 3 heterocycles. The highest BCUT2D eigenvalue weighted by molar-refractivity contribution is 6.23. The molecule has 3 aromatic heterocycles. The van der Waals surface area contributed by atoms with Gasteiger partial charge < -0.3 is 8.97 Å². The summed E-state index contributed by atoms with van der Waals surface area (Å²) >= 11 is 0. The minimum absolute atomic E-state index is 1.17. The van der Waals surface area contributed by atoms with Gasteiger partial charge >= 0.3 is 0 Å². The maximum Gasteiger partial charge on any atom is 0.0620 e. The van der Waals surface area contributed by atoms with Gasteiger partial charge in [-0.1, -0.05) is 115 Å². The van der Waals surface area contributed by atoms with Crippen LogP contribution in [-0.2, 0) is 0 Å². The van der Waals surface area contributed by atoms with Crippen LogP contribution in [0.4, 0.5) is 0 Å². The van der Waals surface area contributed by atoms with E-state index in [1.54, 1.807) is 0 Å². The third-order valence-corrected chi connectivity index (χ3v) is 9.44. The molecule has 2 nitrogen and oxygen atoms in total. The molecule has 0 bridgehead atoms. The molecule has 10 rings (SSSR count). The highest BCUT2D eigenvalue weighted by Crippen LogP contribution is 2.41. The summed E-state index contributed by atoms with van der Waals surface area (Å²) < 4.78 is 4.87. The fourth-order valence-electron chi connectivity index (χ4n) is 7.50. The maximum atomic E-state index is 2.46. The van der Waals surface area contributed by atoms with Crippen molar-refractivity contribution in [2.24, 2.45) is 0 Å². The normalized spacial score (nSPS) is 12.1. The van der Waals surface area contributed by atoms with Crippen molar-refractivity contribution >= 4 is 59.9 Å². The molecule has 0 aliphatic carbocycles. The molecule has 2 heteroatoms. The van der Waals surface area contributed by atoms with Crippen LogP contribution in [0.2, 0.25) is 0 Å². The lowest BCUT2D eigenvalue weighted by Gasteiger charge is -2.11. The van der Waals surface area contributed by atoms with Gasteiger partial charge in [-0.2, -0.15) is 0 Å². The summed E-state index contributed by atoms with van der Waals surface area (Å²) in [5, 5.41) is 7.78. The van der Waals surface area contributed by atoms with Crippen molar-refractivity contribution in [2.75, 3.05) is 0 Å². The fourth-order valence-corrected chi connectivity index (χ4v) is 7.50. The molecule has 44 heavy (non-hydrogen) atoms. The van der Waals surface area contributed by atoms with E-state index in [9.17, 15) is 0 Å². The van der Waals surface area contributed by atoms with E-state index in [2.05, 4.69) is 167 Å². The summed E-state index contributed by atoms with van der Waals surface area (Å²) in [6.07, 6.45) is 0. The molecule has 0 radical (unpaired) electrons. The molecule has 0 fully saturated rings. The molecule has 0 aliphatic rings. The predicted molar refractivity (Wildman–Crippen MR) is 186 cm³/mol. The number of hydrogen-bond acceptors (Lipinski definition) is 0. The highest BCUT2D eigenvalue weighted by Gasteiger charge is 2.18. The Morgan fingerprint density at radius 3 is 1.70 bits per heavy atom. The zero-order valence-corrected chi connectivity index (χ0v) is 23.9. The number of para-hydroxylation sites is 3. The van der Waals surface area contributed by atoms with Gasteiger partial charge in [0.1, 0.15) is 0 Å². The van der Waals surface area contributed by atoms with Gasteiger partial charge in [-0.05, 0) is 64.7 Å². The number of aromatic nitrogens is 2. The summed E-state index contributed by atoms with van der Waals surface area (Å²) in [5.41, 5.74) is 12.3. The first-order valence-electron chi connectivity index (χ1n) is 15.2. The third-order valence-electron chi connectivity index (χ3n) is 9.44. The molecule has 0 aliphatic heterocycles. The topological polar surface area (TPSA) is 9.34 Å². The number of fused-ring (bicyclic) bond motifs is 9. The van der Waals surface area contributed by atoms with Crippen molar-refractivity contribution < 1.29 is 0 Å². The van der Waals surface area contributed by atoms with E-state index in [1.165, 1.54) is 87.8 Å². The second-order valence-corrected chi connectivity index (χ2v) is 11.8. The quantitative estimate of drug-likeness (QED) is 0.204. The lowest BCUT2D eigenvalue weighted by atomic mass is 10.0. The molecule has 0 amide bonds. The standard InChI is InChI=1S/C42H26N2/c1-2-10-27(11-3-1)28-12-8-13-31(24-28)43-38-18-6-5-15-33(38)37-25-29(21-23-40(37)43)30-20-22-34-36-17-9-16-35-32-14-4-7-19-39(32)44(42(35)36)41(34)26-30/h1-26H. The minimum Gasteiger partial charge on any atom is -0.309 e. The highest BCUT2D eigenvalue weighted by atomic mass is 15.0. The Balaban J connectivity index is 1.19. The summed E-state index contributed by atoms with van der Waals surface area (Å²) in [7, 11) is 0. The lowest BCUT2D eigenvalue weighted by molar-refractivity contribution is 1.18. The summed E-state index contributed by atoms with van der Waals surface area (Å²) in [4.78, 5) is 0. The largest absolute Gasteiger partial charge is 0.309 e. The van der Waals surface area contributed by atoms with E-state index in [4.69, 9.17) is 0 Å². The molecular weight excluding hydrogens is 532 g/mol. The average Bonchev–Trinajstić information content (AvgIpc) is 3.73. The molecular formula is C42H26N2. The van der Waals surface area contributed by atoms with Gasteiger partial charge in [-0.25, -0.2) is 0 Å². The molecule has 0 atom stereocenters. The van der Waals surface area contributed by atoms with E-state index in [1.807, 2.05) is 0 Å². The first kappa shape index (κ1) is 23.7. The zero-order valence-electron chi connectivity index (χ0n) is 23.9. The van der Waals surface area contributed by atoms with Crippen molar-refractivity contribution in [3.63, 3.8) is 0 Å². The lowest BCUT2D eigenvalue weighted by Crippen LogP contribution is -1.94. The summed E-state index contributed by atoms with van der Waals surface area (Å²) in [5.74, 6) is 0. The van der Waals surface area contributed by atoms with E-state index < -0.39 is 0 Å². The minimum atomic E-state index is 1.17. The van der Waals surface area contributed by atoms with Gasteiger partial charge in [0.05, 0.1) is 27.6 Å². The average molecular weight is 559 g/mol. The Kier molecular flexibility index (Phi) is 4.75. The van der Waals surface area contributed by atoms with Crippen molar-refractivity contribution in [3.8, 4) is 27.9 Å². The second kappa shape index (κ2) is 8.82. The van der Waals surface area contributed by atoms with Crippen LogP contribution < -0.4 is 0 Å². The SMILES string of the molecule is c1ccc(-c2cccc(-n3c4ccccc4c4cc(-c5ccc6c7cccc8c9ccccc9n(c6c5)c87)ccc43)c2)cc1. The summed E-state index contributed by atoms with van der Waals surface area (Å²) in [6.45, 7) is 0. The Morgan fingerprint density at radius 2 is 0.864 bits per heavy atom. The van der Waals surface area contributed by atoms with Gasteiger partial charge in [-0.3, -0.25) is 0 Å². The van der Waals surface area contributed by atoms with Crippen molar-refractivity contribution in [1.82, 2.24) is 8.97 Å². The van der Waals surface area contributed by atoms with E-state index in [0.29, 0.717) is 0 Å². The van der Waals surface area contributed by atoms with Gasteiger partial charge in [0, 0.05) is 38.0 Å². The third kappa shape index (κ3) is 3.20. The van der Waals surface area contributed by atoms with Crippen LogP contribution in [0.25, 0.3) is 87.8 Å². The van der Waals surface area contributed by atoms with Crippen LogP contribution >= 0.6 is 0 Å². The number of nitrogens with zero attached hydrogens (tertiary/aromatic N) is 2. The first-order chi connectivity index (χ1) is 21.8. The molecule has 0 saturated heterocycles. The number of rotatable bonds is 3. The van der Waals surface area contributed by atoms with Crippen LogP contribution in [-0.4, -0.2) is 8.97 Å². The van der Waals surface area contributed by atoms with E-state index in [-0.39, 0.29) is 0 Å². The van der Waals surface area contributed by atoms with Gasteiger partial charge in [0.2, 0.25) is 0 Å². The van der Waals surface area contributed by atoms with Crippen molar-refractivity contribution in [2.45, 2.75) is 0 Å². The number of benzene rings is 7. The van der Waals surface area contributed by atoms with Crippen LogP contribution in [0, 0.1) is 0 Å². The fraction of sp³-hybridized carbons (Fsp3) is 0. The van der Waals surface area contributed by atoms with Crippen molar-refractivity contribution in [3.05, 3.63) is 158 Å². The van der Waals surface area contributed by atoms with Crippen molar-refractivity contribution in [1.29, 1.82) is 0 Å². The predicted octanol–water partition coefficient (Wildman–Crippen LogP) is 11.3. The number of hydrogen-bond donors (Lipinski definition) is 0. The Morgan fingerprint density at radius 1 is 0.295 bits per heavy atom. The van der Waals surface area contributed by atoms with Gasteiger partial charge in [-0.15, -0.1) is 0 Å². The molecule has 204 valence electrons. The Labute approximate surface area is 254 Å². The van der Waals surface area contributed by atoms with Gasteiger partial charge in [0.25, 0.3) is 0 Å². The zero-order chi connectivity index (χ0) is 28.8. The maximum absolute atomic E-state index is 2.46. The van der Waals surface area contributed by atoms with Crippen LogP contribution in [0.3, 0.4) is 0 Å². The monoisotopic (exact) mass is 558 g/mol. The Bertz CT molecular complexity index is 2710. The summed E-state index contributed by atoms with van der Waals surface area (Å²) in [6, 6.07) is 57.7. The molecule has 10 aromatic rings. The second-order valence-electron chi connectivity index (χ2n) is 11.8. The Hall–Kier alpha value is -5.86. The molecule has 7 aromatic carbocycles. The molecule has 0 spiro atoms. The van der Waals surface area contributed by atoms with Crippen LogP contribution in [0.5, 0.6) is 0 Å². The molecule has 0 unspecified atom stereocenters. The molecule has 0 saturated carbocycles. The van der Waals surface area contributed by atoms with E-state index in [0.717, 1.165) is 0 Å². The first-order valence-corrected chi connectivity index (χ1v) is 15.2. The van der Waals surface area contributed by atoms with E-state index >= 15 is 0 Å². The van der Waals surface area contributed by atoms with Crippen LogP contribution in [0.1, 0.15) is 0 Å². The van der Waals surface area contributed by atoms with Gasteiger partial charge in [0.15, 0.2) is 0 Å². The van der Waals surface area contributed by atoms with Crippen LogP contribution in [0.15, 0.2) is 158 Å².